The van der Waals surface area contributed by atoms with Crippen molar-refractivity contribution in [1.82, 2.24) is 0 Å². The summed E-state index contributed by atoms with van der Waals surface area (Å²) in [6.45, 7) is 1.03. The molecule has 1 rings (SSSR count). The van der Waals surface area contributed by atoms with Crippen LogP contribution in [0, 0.1) is 0 Å². The molecule has 0 bridgehead atoms. The van der Waals surface area contributed by atoms with Crippen molar-refractivity contribution >= 4 is 0 Å². The van der Waals surface area contributed by atoms with E-state index in [0.717, 1.165) is 32.7 Å². The van der Waals surface area contributed by atoms with Gasteiger partial charge in [0.05, 0.1) is 0 Å². The summed E-state index contributed by atoms with van der Waals surface area (Å²) in [7, 11) is 0. The molecule has 0 amide bonds. The molecule has 0 aromatic heterocycles. The van der Waals surface area contributed by atoms with Crippen molar-refractivity contribution in [2.24, 2.45) is 0 Å². The van der Waals surface area contributed by atoms with E-state index in [1.165, 1.54) is 16.8 Å². The Morgan fingerprint density at radius 2 is 2.57 bits per heavy atom. The van der Waals surface area contributed by atoms with Crippen molar-refractivity contribution in [3.8, 4) is 0 Å². The quantitative estimate of drug-likeness (QED) is 0.657. The fourth-order valence-electron chi connectivity index (χ4n) is 0.872. The summed E-state index contributed by atoms with van der Waals surface area (Å²) in [5.74, 6) is 0. The summed E-state index contributed by atoms with van der Waals surface area (Å²) in [4.78, 5) is 0. The van der Waals surface area contributed by atoms with Gasteiger partial charge in [0, 0.05) is 0 Å². The molecule has 1 atom stereocenters. The van der Waals surface area contributed by atoms with E-state index >= 15 is 0 Å². The molecular weight excluding hydrogens is 277 g/mol. The molecule has 0 N–H and O–H groups in total. The SMILES string of the molecule is [Hg][CH2]C1CCCO1. The zero-order valence-corrected chi connectivity index (χ0v) is 10.0. The molecule has 1 fully saturated rings. The molecule has 0 saturated carbocycles. The van der Waals surface area contributed by atoms with Gasteiger partial charge in [0.15, 0.2) is 0 Å². The Morgan fingerprint density at radius 3 is 2.86 bits per heavy atom. The van der Waals surface area contributed by atoms with Gasteiger partial charge in [0.1, 0.15) is 0 Å². The topological polar surface area (TPSA) is 9.23 Å². The second-order valence-electron chi connectivity index (χ2n) is 1.92. The predicted octanol–water partition coefficient (Wildman–Crippen LogP) is 1.13. The monoisotopic (exact) mass is 287 g/mol. The third kappa shape index (κ3) is 1.69. The number of ether oxygens (including phenoxy) is 1. The van der Waals surface area contributed by atoms with E-state index < -0.39 is 0 Å². The molecule has 0 aromatic carbocycles. The number of rotatable bonds is 1. The Labute approximate surface area is 60.4 Å². The van der Waals surface area contributed by atoms with Crippen LogP contribution in [0.2, 0.25) is 3.93 Å². The van der Waals surface area contributed by atoms with Gasteiger partial charge in [-0.1, -0.05) is 0 Å². The standard InChI is InChI=1S/C5H9O.Hg/c1-5-3-2-4-6-5;/h5H,1-4H2;. The van der Waals surface area contributed by atoms with Crippen molar-refractivity contribution in [1.29, 1.82) is 0 Å². The van der Waals surface area contributed by atoms with Crippen molar-refractivity contribution in [2.75, 3.05) is 6.61 Å². The maximum absolute atomic E-state index is 5.35. The first kappa shape index (κ1) is 6.02. The van der Waals surface area contributed by atoms with E-state index in [-0.39, 0.29) is 0 Å². The number of hydrogen-bond donors (Lipinski definition) is 0. The van der Waals surface area contributed by atoms with E-state index in [1.54, 1.807) is 0 Å². The van der Waals surface area contributed by atoms with Gasteiger partial charge < -0.3 is 0 Å². The van der Waals surface area contributed by atoms with Gasteiger partial charge >= 0.3 is 60.3 Å². The van der Waals surface area contributed by atoms with Gasteiger partial charge in [-0.05, 0) is 0 Å². The zero-order chi connectivity index (χ0) is 5.11. The third-order valence-corrected chi connectivity index (χ3v) is 3.85. The molecule has 1 aliphatic rings. The van der Waals surface area contributed by atoms with Gasteiger partial charge in [-0.25, -0.2) is 0 Å². The van der Waals surface area contributed by atoms with Crippen molar-refractivity contribution in [2.45, 2.75) is 22.9 Å². The van der Waals surface area contributed by atoms with Crippen LogP contribution in [0.5, 0.6) is 0 Å². The molecule has 0 radical (unpaired) electrons. The predicted molar refractivity (Wildman–Crippen MR) is 23.8 cm³/mol. The Hall–Kier alpha value is 0.895. The Kier molecular flexibility index (Phi) is 2.61. The Balaban J connectivity index is 2.14. The summed E-state index contributed by atoms with van der Waals surface area (Å²) < 4.78 is 6.74. The van der Waals surface area contributed by atoms with Crippen LogP contribution < -0.4 is 0 Å². The molecule has 0 aromatic rings. The molecule has 37 valence electrons. The van der Waals surface area contributed by atoms with E-state index in [0.29, 0.717) is 6.10 Å². The van der Waals surface area contributed by atoms with Gasteiger partial charge in [0.2, 0.25) is 0 Å². The van der Waals surface area contributed by atoms with Crippen molar-refractivity contribution in [3.63, 3.8) is 0 Å². The summed E-state index contributed by atoms with van der Waals surface area (Å²) in [5.41, 5.74) is 0. The van der Waals surface area contributed by atoms with Gasteiger partial charge in [-0.2, -0.15) is 0 Å². The van der Waals surface area contributed by atoms with Crippen LogP contribution in [0.1, 0.15) is 12.8 Å². The average molecular weight is 286 g/mol. The van der Waals surface area contributed by atoms with Gasteiger partial charge in [-0.15, -0.1) is 0 Å². The van der Waals surface area contributed by atoms with Crippen LogP contribution in [0.25, 0.3) is 0 Å². The van der Waals surface area contributed by atoms with E-state index in [4.69, 9.17) is 4.74 Å². The summed E-state index contributed by atoms with van der Waals surface area (Å²) in [5, 5.41) is 0. The Morgan fingerprint density at radius 1 is 1.71 bits per heavy atom. The molecule has 1 nitrogen and oxygen atoms in total. The van der Waals surface area contributed by atoms with Crippen molar-refractivity contribution < 1.29 is 30.9 Å². The molecule has 0 aliphatic carbocycles. The van der Waals surface area contributed by atoms with E-state index in [1.807, 2.05) is 0 Å². The molecule has 1 unspecified atom stereocenters. The van der Waals surface area contributed by atoms with Crippen LogP contribution in [0.3, 0.4) is 0 Å². The van der Waals surface area contributed by atoms with Crippen LogP contribution in [0.15, 0.2) is 0 Å². The minimum absolute atomic E-state index is 0.684. The average Bonchev–Trinajstić information content (AvgIpc) is 2.14. The fraction of sp³-hybridized carbons (Fsp3) is 1.00. The van der Waals surface area contributed by atoms with Crippen LogP contribution in [-0.2, 0) is 30.9 Å². The van der Waals surface area contributed by atoms with Crippen LogP contribution in [0.4, 0.5) is 0 Å². The first-order valence-electron chi connectivity index (χ1n) is 2.84. The molecule has 7 heavy (non-hydrogen) atoms. The minimum atomic E-state index is 0.684. The second-order valence-corrected chi connectivity index (χ2v) is 4.17. The van der Waals surface area contributed by atoms with Crippen molar-refractivity contribution in [3.05, 3.63) is 0 Å². The Bertz CT molecular complexity index is 50.0. The summed E-state index contributed by atoms with van der Waals surface area (Å²) in [6.07, 6.45) is 3.33. The first-order chi connectivity index (χ1) is 3.43. The molecule has 1 saturated heterocycles. The molecule has 1 aliphatic heterocycles. The number of hydrogen-bond acceptors (Lipinski definition) is 1. The maximum atomic E-state index is 5.35. The van der Waals surface area contributed by atoms with Crippen LogP contribution >= 0.6 is 0 Å². The fourth-order valence-corrected chi connectivity index (χ4v) is 2.64. The first-order valence-corrected chi connectivity index (χ1v) is 6.73. The molecular formula is C5H9HgO. The second kappa shape index (κ2) is 3.03. The normalized spacial score (nSPS) is 31.4. The molecule has 2 heteroatoms. The van der Waals surface area contributed by atoms with E-state index in [9.17, 15) is 0 Å². The summed E-state index contributed by atoms with van der Waals surface area (Å²) >= 11 is 0.958. The zero-order valence-electron chi connectivity index (χ0n) is 4.52. The summed E-state index contributed by atoms with van der Waals surface area (Å²) in [6, 6.07) is 0. The van der Waals surface area contributed by atoms with Gasteiger partial charge in [-0.3, -0.25) is 0 Å². The molecule has 1 heterocycles. The van der Waals surface area contributed by atoms with Crippen LogP contribution in [-0.4, -0.2) is 12.7 Å². The van der Waals surface area contributed by atoms with E-state index in [2.05, 4.69) is 0 Å². The van der Waals surface area contributed by atoms with Gasteiger partial charge in [0.25, 0.3) is 0 Å². The third-order valence-electron chi connectivity index (χ3n) is 1.35. The molecule has 0 spiro atoms.